The standard InChI is InChI=1S/C23H19Cl2F2NO4S/c24-16-10-28-11-17(25)15(16)9-19(31-22(29)21-2-1-7-33-21)14-5-6-18(32-23(26)27)20(8-14)30-12-13-3-4-13/h1-2,5-8,10-11,13,19,23H,3-4,9,12H2. The lowest BCUT2D eigenvalue weighted by Gasteiger charge is -2.21. The monoisotopic (exact) mass is 513 g/mol. The Morgan fingerprint density at radius 3 is 2.55 bits per heavy atom. The van der Waals surface area contributed by atoms with E-state index in [1.165, 1.54) is 29.8 Å². The highest BCUT2D eigenvalue weighted by atomic mass is 35.5. The van der Waals surface area contributed by atoms with Crippen LogP contribution in [0.15, 0.2) is 48.1 Å². The average molecular weight is 514 g/mol. The fourth-order valence-corrected chi connectivity index (χ4v) is 4.28. The molecule has 1 aliphatic rings. The molecule has 1 aliphatic carbocycles. The number of ether oxygens (including phenoxy) is 3. The summed E-state index contributed by atoms with van der Waals surface area (Å²) in [5, 5.41) is 2.41. The van der Waals surface area contributed by atoms with Crippen LogP contribution in [0, 0.1) is 5.92 Å². The van der Waals surface area contributed by atoms with Crippen LogP contribution in [0.2, 0.25) is 10.0 Å². The summed E-state index contributed by atoms with van der Waals surface area (Å²) in [5.41, 5.74) is 1.07. The zero-order valence-corrected chi connectivity index (χ0v) is 19.5. The summed E-state index contributed by atoms with van der Waals surface area (Å²) < 4.78 is 42.0. The maximum absolute atomic E-state index is 12.9. The van der Waals surface area contributed by atoms with Crippen molar-refractivity contribution >= 4 is 40.5 Å². The third-order valence-electron chi connectivity index (χ3n) is 5.04. The molecule has 1 aromatic carbocycles. The van der Waals surface area contributed by atoms with Crippen molar-refractivity contribution in [1.82, 2.24) is 4.98 Å². The highest BCUT2D eigenvalue weighted by Crippen LogP contribution is 2.38. The number of pyridine rings is 1. The van der Waals surface area contributed by atoms with Gasteiger partial charge in [0.25, 0.3) is 0 Å². The van der Waals surface area contributed by atoms with E-state index in [-0.39, 0.29) is 17.9 Å². The van der Waals surface area contributed by atoms with Gasteiger partial charge in [0.1, 0.15) is 11.0 Å². The Labute approximate surface area is 203 Å². The van der Waals surface area contributed by atoms with E-state index in [2.05, 4.69) is 9.72 Å². The lowest BCUT2D eigenvalue weighted by Crippen LogP contribution is -2.15. The molecule has 0 radical (unpaired) electrons. The Bertz CT molecular complexity index is 1090. The average Bonchev–Trinajstić information content (AvgIpc) is 3.44. The van der Waals surface area contributed by atoms with E-state index in [0.717, 1.165) is 12.8 Å². The highest BCUT2D eigenvalue weighted by molar-refractivity contribution is 7.11. The third kappa shape index (κ3) is 6.34. The molecule has 0 spiro atoms. The van der Waals surface area contributed by atoms with Crippen molar-refractivity contribution in [3.8, 4) is 11.5 Å². The molecule has 4 rings (SSSR count). The molecule has 0 N–H and O–H groups in total. The van der Waals surface area contributed by atoms with Crippen molar-refractivity contribution in [2.75, 3.05) is 6.61 Å². The first-order valence-electron chi connectivity index (χ1n) is 10.1. The second kappa shape index (κ2) is 10.7. The number of hydrogen-bond acceptors (Lipinski definition) is 6. The van der Waals surface area contributed by atoms with Gasteiger partial charge >= 0.3 is 12.6 Å². The molecule has 0 amide bonds. The summed E-state index contributed by atoms with van der Waals surface area (Å²) in [6, 6.07) is 7.88. The summed E-state index contributed by atoms with van der Waals surface area (Å²) in [6.07, 6.45) is 4.29. The predicted octanol–water partition coefficient (Wildman–Crippen LogP) is 6.98. The van der Waals surface area contributed by atoms with Crippen molar-refractivity contribution in [3.05, 3.63) is 74.2 Å². The molecule has 1 unspecified atom stereocenters. The number of rotatable bonds is 10. The molecule has 5 nitrogen and oxygen atoms in total. The number of carbonyl (C=O) groups is 1. The van der Waals surface area contributed by atoms with E-state index in [9.17, 15) is 13.6 Å². The van der Waals surface area contributed by atoms with Crippen molar-refractivity contribution < 1.29 is 27.8 Å². The molecule has 1 atom stereocenters. The minimum absolute atomic E-state index is 0.0855. The fraction of sp³-hybridized carbons (Fsp3) is 0.304. The zero-order valence-electron chi connectivity index (χ0n) is 17.2. The number of thiophene rings is 1. The van der Waals surface area contributed by atoms with Gasteiger partial charge in [-0.3, -0.25) is 4.98 Å². The van der Waals surface area contributed by atoms with E-state index in [0.29, 0.717) is 38.6 Å². The van der Waals surface area contributed by atoms with Crippen molar-refractivity contribution in [2.24, 2.45) is 5.92 Å². The number of aromatic nitrogens is 1. The van der Waals surface area contributed by atoms with Gasteiger partial charge < -0.3 is 14.2 Å². The quantitative estimate of drug-likeness (QED) is 0.273. The third-order valence-corrected chi connectivity index (χ3v) is 6.54. The Morgan fingerprint density at radius 1 is 1.15 bits per heavy atom. The minimum atomic E-state index is -3.00. The Hall–Kier alpha value is -2.42. The van der Waals surface area contributed by atoms with Crippen molar-refractivity contribution in [1.29, 1.82) is 0 Å². The molecule has 0 saturated heterocycles. The molecule has 1 fully saturated rings. The zero-order chi connectivity index (χ0) is 23.4. The second-order valence-electron chi connectivity index (χ2n) is 7.50. The molecule has 10 heteroatoms. The Morgan fingerprint density at radius 2 is 1.91 bits per heavy atom. The van der Waals surface area contributed by atoms with Crippen LogP contribution in [0.5, 0.6) is 11.5 Å². The second-order valence-corrected chi connectivity index (χ2v) is 9.26. The molecule has 3 aromatic rings. The molecule has 2 heterocycles. The van der Waals surface area contributed by atoms with E-state index >= 15 is 0 Å². The van der Waals surface area contributed by atoms with Crippen LogP contribution in [-0.2, 0) is 11.2 Å². The maximum atomic E-state index is 12.9. The van der Waals surface area contributed by atoms with Gasteiger partial charge in [-0.05, 0) is 53.5 Å². The van der Waals surface area contributed by atoms with Gasteiger partial charge in [0.2, 0.25) is 0 Å². The Balaban J connectivity index is 1.66. The number of carbonyl (C=O) groups excluding carboxylic acids is 1. The SMILES string of the molecule is O=C(OC(Cc1c(Cl)cncc1Cl)c1ccc(OC(F)F)c(OCC2CC2)c1)c1cccs1. The lowest BCUT2D eigenvalue weighted by molar-refractivity contribution is -0.0515. The van der Waals surface area contributed by atoms with Crippen LogP contribution in [-0.4, -0.2) is 24.2 Å². The largest absolute Gasteiger partial charge is 0.489 e. The molecule has 1 saturated carbocycles. The molecule has 0 aliphatic heterocycles. The topological polar surface area (TPSA) is 57.7 Å². The molecule has 174 valence electrons. The fourth-order valence-electron chi connectivity index (χ4n) is 3.15. The van der Waals surface area contributed by atoms with Crippen LogP contribution in [0.3, 0.4) is 0 Å². The van der Waals surface area contributed by atoms with Gasteiger partial charge in [-0.2, -0.15) is 8.78 Å². The van der Waals surface area contributed by atoms with Gasteiger partial charge in [-0.1, -0.05) is 35.3 Å². The number of halogens is 4. The highest BCUT2D eigenvalue weighted by Gasteiger charge is 2.26. The molecule has 0 bridgehead atoms. The first-order chi connectivity index (χ1) is 15.9. The molecule has 2 aromatic heterocycles. The molecular formula is C23H19Cl2F2NO4S. The van der Waals surface area contributed by atoms with E-state index in [1.807, 2.05) is 0 Å². The number of benzene rings is 1. The van der Waals surface area contributed by atoms with Crippen LogP contribution in [0.25, 0.3) is 0 Å². The van der Waals surface area contributed by atoms with Gasteiger partial charge in [-0.15, -0.1) is 11.3 Å². The Kier molecular flexibility index (Phi) is 7.67. The minimum Gasteiger partial charge on any atom is -0.489 e. The van der Waals surface area contributed by atoms with Crippen LogP contribution < -0.4 is 9.47 Å². The normalized spacial score (nSPS) is 14.2. The van der Waals surface area contributed by atoms with Crippen LogP contribution in [0.1, 0.15) is 39.7 Å². The number of alkyl halides is 2. The van der Waals surface area contributed by atoms with Gasteiger partial charge in [0.15, 0.2) is 11.5 Å². The number of hydrogen-bond donors (Lipinski definition) is 0. The number of esters is 1. The van der Waals surface area contributed by atoms with Crippen molar-refractivity contribution in [2.45, 2.75) is 32.0 Å². The van der Waals surface area contributed by atoms with Crippen LogP contribution >= 0.6 is 34.5 Å². The molecule has 33 heavy (non-hydrogen) atoms. The summed E-state index contributed by atoms with van der Waals surface area (Å²) in [5.74, 6) is -0.0545. The van der Waals surface area contributed by atoms with Crippen LogP contribution in [0.4, 0.5) is 8.78 Å². The summed E-state index contributed by atoms with van der Waals surface area (Å²) in [6.45, 7) is -2.61. The van der Waals surface area contributed by atoms with Crippen molar-refractivity contribution in [3.63, 3.8) is 0 Å². The van der Waals surface area contributed by atoms with Gasteiger partial charge in [0.05, 0.1) is 16.7 Å². The van der Waals surface area contributed by atoms with Gasteiger partial charge in [0, 0.05) is 18.8 Å². The maximum Gasteiger partial charge on any atom is 0.387 e. The van der Waals surface area contributed by atoms with Gasteiger partial charge in [-0.25, -0.2) is 4.79 Å². The lowest BCUT2D eigenvalue weighted by atomic mass is 10.0. The number of nitrogens with zero attached hydrogens (tertiary/aromatic N) is 1. The smallest absolute Gasteiger partial charge is 0.387 e. The first kappa shape index (κ1) is 23.7. The van der Waals surface area contributed by atoms with E-state index in [1.54, 1.807) is 29.6 Å². The first-order valence-corrected chi connectivity index (χ1v) is 11.8. The predicted molar refractivity (Wildman–Crippen MR) is 122 cm³/mol. The summed E-state index contributed by atoms with van der Waals surface area (Å²) in [4.78, 5) is 17.1. The van der Waals surface area contributed by atoms with E-state index < -0.39 is 18.7 Å². The summed E-state index contributed by atoms with van der Waals surface area (Å²) in [7, 11) is 0. The van der Waals surface area contributed by atoms with E-state index in [4.69, 9.17) is 32.7 Å². The molecular weight excluding hydrogens is 495 g/mol. The summed E-state index contributed by atoms with van der Waals surface area (Å²) >= 11 is 13.8.